The molecule has 1 heterocycles. The van der Waals surface area contributed by atoms with Gasteiger partial charge in [-0.15, -0.1) is 11.3 Å². The summed E-state index contributed by atoms with van der Waals surface area (Å²) in [5.74, 6) is -1.39. The number of alkyl halides is 3. The molecule has 0 fully saturated rings. The monoisotopic (exact) mass is 309 g/mol. The molecule has 0 spiro atoms. The molecule has 8 heteroatoms. The molecule has 0 radical (unpaired) electrons. The lowest BCUT2D eigenvalue weighted by Crippen LogP contribution is -2.03. The van der Waals surface area contributed by atoms with Crippen LogP contribution in [0.5, 0.6) is 0 Å². The van der Waals surface area contributed by atoms with Crippen LogP contribution < -0.4 is 0 Å². The zero-order valence-electron chi connectivity index (χ0n) is 8.96. The van der Waals surface area contributed by atoms with Crippen molar-refractivity contribution >= 4 is 28.7 Å². The lowest BCUT2D eigenvalue weighted by atomic mass is 10.1. The molecular formula is C11H4ClF4NOS. The van der Waals surface area contributed by atoms with E-state index in [0.717, 1.165) is 24.4 Å². The summed E-state index contributed by atoms with van der Waals surface area (Å²) in [6, 6.07) is 3.18. The topological polar surface area (TPSA) is 30.0 Å². The van der Waals surface area contributed by atoms with Crippen molar-refractivity contribution in [2.24, 2.45) is 0 Å². The van der Waals surface area contributed by atoms with Gasteiger partial charge in [0.2, 0.25) is 5.78 Å². The number of carbonyl (C=O) groups excluding carboxylic acids is 1. The zero-order valence-corrected chi connectivity index (χ0v) is 10.5. The van der Waals surface area contributed by atoms with Crippen LogP contribution in [0.1, 0.15) is 20.2 Å². The minimum atomic E-state index is -4.59. The van der Waals surface area contributed by atoms with Crippen molar-refractivity contribution < 1.29 is 22.4 Å². The summed E-state index contributed by atoms with van der Waals surface area (Å²) in [5.41, 5.74) is 0.00349. The summed E-state index contributed by atoms with van der Waals surface area (Å²) < 4.78 is 50.0. The van der Waals surface area contributed by atoms with Crippen molar-refractivity contribution in [1.82, 2.24) is 4.98 Å². The molecule has 0 atom stereocenters. The van der Waals surface area contributed by atoms with Crippen LogP contribution in [-0.4, -0.2) is 10.8 Å². The van der Waals surface area contributed by atoms with Crippen molar-refractivity contribution in [2.45, 2.75) is 6.18 Å². The van der Waals surface area contributed by atoms with Crippen molar-refractivity contribution in [2.75, 3.05) is 0 Å². The Hall–Kier alpha value is -1.47. The number of rotatable bonds is 2. The minimum absolute atomic E-state index is 0.00349. The van der Waals surface area contributed by atoms with E-state index in [2.05, 4.69) is 4.98 Å². The second-order valence-corrected chi connectivity index (χ2v) is 4.92. The van der Waals surface area contributed by atoms with Gasteiger partial charge < -0.3 is 0 Å². The van der Waals surface area contributed by atoms with Gasteiger partial charge in [-0.2, -0.15) is 13.2 Å². The maximum Gasteiger partial charge on any atom is 0.443 e. The molecule has 0 N–H and O–H groups in total. The third kappa shape index (κ3) is 2.93. The highest BCUT2D eigenvalue weighted by Crippen LogP contribution is 2.33. The lowest BCUT2D eigenvalue weighted by Gasteiger charge is -2.00. The smallest absolute Gasteiger partial charge is 0.288 e. The number of carbonyl (C=O) groups is 1. The molecule has 100 valence electrons. The van der Waals surface area contributed by atoms with E-state index in [1.54, 1.807) is 0 Å². The Labute approximate surface area is 113 Å². The van der Waals surface area contributed by atoms with Crippen LogP contribution >= 0.6 is 22.9 Å². The molecule has 0 aliphatic heterocycles. The molecule has 0 saturated heterocycles. The zero-order chi connectivity index (χ0) is 14.2. The van der Waals surface area contributed by atoms with Gasteiger partial charge in [-0.1, -0.05) is 11.6 Å². The molecule has 1 aromatic heterocycles. The van der Waals surface area contributed by atoms with Crippen molar-refractivity contribution in [1.29, 1.82) is 0 Å². The third-order valence-corrected chi connectivity index (χ3v) is 3.48. The largest absolute Gasteiger partial charge is 0.443 e. The van der Waals surface area contributed by atoms with Crippen molar-refractivity contribution in [3.05, 3.63) is 50.7 Å². The number of nitrogens with zero attached hydrogens (tertiary/aromatic N) is 1. The van der Waals surface area contributed by atoms with Gasteiger partial charge in [0.05, 0.1) is 9.90 Å². The first-order chi connectivity index (χ1) is 8.79. The number of benzene rings is 1. The molecule has 1 aromatic carbocycles. The van der Waals surface area contributed by atoms with E-state index in [1.165, 1.54) is 0 Å². The minimum Gasteiger partial charge on any atom is -0.288 e. The number of thiazole rings is 1. The number of halogens is 5. The molecule has 0 saturated carbocycles. The Morgan fingerprint density at radius 3 is 2.53 bits per heavy atom. The number of ketones is 1. The van der Waals surface area contributed by atoms with E-state index >= 15 is 0 Å². The summed E-state index contributed by atoms with van der Waals surface area (Å²) in [4.78, 5) is 14.8. The number of hydrogen-bond donors (Lipinski definition) is 0. The summed E-state index contributed by atoms with van der Waals surface area (Å²) >= 11 is 5.73. The SMILES string of the molecule is O=C(c1ccc(F)c(Cl)c1)c1cnc(C(F)(F)F)s1. The highest BCUT2D eigenvalue weighted by Gasteiger charge is 2.35. The van der Waals surface area contributed by atoms with Crippen LogP contribution in [0.3, 0.4) is 0 Å². The average Bonchev–Trinajstić information content (AvgIpc) is 2.81. The molecule has 0 aliphatic carbocycles. The van der Waals surface area contributed by atoms with E-state index in [4.69, 9.17) is 11.6 Å². The van der Waals surface area contributed by atoms with Gasteiger partial charge in [-0.3, -0.25) is 4.79 Å². The second-order valence-electron chi connectivity index (χ2n) is 3.49. The van der Waals surface area contributed by atoms with Crippen LogP contribution in [0.2, 0.25) is 5.02 Å². The van der Waals surface area contributed by atoms with Crippen LogP contribution in [0.25, 0.3) is 0 Å². The molecular weight excluding hydrogens is 306 g/mol. The van der Waals surface area contributed by atoms with Gasteiger partial charge in [0.25, 0.3) is 0 Å². The fourth-order valence-corrected chi connectivity index (χ4v) is 2.22. The van der Waals surface area contributed by atoms with Crippen LogP contribution in [0, 0.1) is 5.82 Å². The number of aromatic nitrogens is 1. The Balaban J connectivity index is 2.34. The molecule has 19 heavy (non-hydrogen) atoms. The van der Waals surface area contributed by atoms with E-state index in [0.29, 0.717) is 0 Å². The fourth-order valence-electron chi connectivity index (χ4n) is 1.29. The van der Waals surface area contributed by atoms with Gasteiger partial charge in [0, 0.05) is 11.8 Å². The normalized spacial score (nSPS) is 11.6. The maximum atomic E-state index is 12.9. The lowest BCUT2D eigenvalue weighted by molar-refractivity contribution is -0.137. The van der Waals surface area contributed by atoms with Crippen LogP contribution in [0.4, 0.5) is 17.6 Å². The average molecular weight is 310 g/mol. The van der Waals surface area contributed by atoms with E-state index in [9.17, 15) is 22.4 Å². The summed E-state index contributed by atoms with van der Waals surface area (Å²) in [7, 11) is 0. The molecule has 2 nitrogen and oxygen atoms in total. The molecule has 0 aliphatic rings. The van der Waals surface area contributed by atoms with Gasteiger partial charge in [-0.25, -0.2) is 9.37 Å². The molecule has 2 aromatic rings. The molecule has 0 bridgehead atoms. The molecule has 2 rings (SSSR count). The molecule has 0 unspecified atom stereocenters. The third-order valence-electron chi connectivity index (χ3n) is 2.15. The second kappa shape index (κ2) is 4.90. The van der Waals surface area contributed by atoms with Gasteiger partial charge in [0.1, 0.15) is 5.82 Å². The first-order valence-corrected chi connectivity index (χ1v) is 6.01. The standard InChI is InChI=1S/C11H4ClF4NOS/c12-6-3-5(1-2-7(6)13)9(18)8-4-17-10(19-8)11(14,15)16/h1-4H. The molecule has 0 amide bonds. The van der Waals surface area contributed by atoms with Crippen molar-refractivity contribution in [3.63, 3.8) is 0 Å². The van der Waals surface area contributed by atoms with Crippen LogP contribution in [0.15, 0.2) is 24.4 Å². The first kappa shape index (κ1) is 14.0. The first-order valence-electron chi connectivity index (χ1n) is 4.82. The quantitative estimate of drug-likeness (QED) is 0.615. The Morgan fingerprint density at radius 2 is 2.00 bits per heavy atom. The summed E-state index contributed by atoms with van der Waals surface area (Å²) in [6.07, 6.45) is -3.75. The van der Waals surface area contributed by atoms with Gasteiger partial charge in [-0.05, 0) is 18.2 Å². The summed E-state index contributed by atoms with van der Waals surface area (Å²) in [5, 5.41) is -1.38. The predicted molar refractivity (Wildman–Crippen MR) is 62.0 cm³/mol. The Morgan fingerprint density at radius 1 is 1.32 bits per heavy atom. The fraction of sp³-hybridized carbons (Fsp3) is 0.0909. The van der Waals surface area contributed by atoms with E-state index in [1.807, 2.05) is 0 Å². The highest BCUT2D eigenvalue weighted by molar-refractivity contribution is 7.13. The van der Waals surface area contributed by atoms with Crippen LogP contribution in [-0.2, 0) is 6.18 Å². The van der Waals surface area contributed by atoms with Gasteiger partial charge in [0.15, 0.2) is 5.01 Å². The maximum absolute atomic E-state index is 12.9. The van der Waals surface area contributed by atoms with E-state index in [-0.39, 0.29) is 26.8 Å². The predicted octanol–water partition coefficient (Wildman–Crippen LogP) is 4.19. The highest BCUT2D eigenvalue weighted by atomic mass is 35.5. The number of hydrogen-bond acceptors (Lipinski definition) is 3. The van der Waals surface area contributed by atoms with Gasteiger partial charge >= 0.3 is 6.18 Å². The summed E-state index contributed by atoms with van der Waals surface area (Å²) in [6.45, 7) is 0. The Bertz CT molecular complexity index is 638. The van der Waals surface area contributed by atoms with Crippen molar-refractivity contribution in [3.8, 4) is 0 Å². The Kier molecular flexibility index (Phi) is 3.60. The van der Waals surface area contributed by atoms with E-state index < -0.39 is 22.8 Å².